The standard InChI is InChI=1S/C5H5BO3S/c6-2-1-10-4(3(2)7)5(8)9/h1,7H,6H2,(H,8,9). The predicted molar refractivity (Wildman–Crippen MR) is 41.1 cm³/mol. The molecular formula is C5H5BO3S. The molecule has 2 N–H and O–H groups in total. The molecule has 1 rings (SSSR count). The molecule has 0 atom stereocenters. The number of hydrogen-bond donors (Lipinski definition) is 2. The average Bonchev–Trinajstić information content (AvgIpc) is 2.14. The Bertz CT molecular complexity index is 268. The highest BCUT2D eigenvalue weighted by Crippen LogP contribution is 2.19. The third kappa shape index (κ3) is 0.996. The fourth-order valence-electron chi connectivity index (χ4n) is 0.590. The van der Waals surface area contributed by atoms with Gasteiger partial charge in [-0.1, -0.05) is 0 Å². The fourth-order valence-corrected chi connectivity index (χ4v) is 1.37. The molecular weight excluding hydrogens is 151 g/mol. The molecule has 0 amide bonds. The predicted octanol–water partition coefficient (Wildman–Crippen LogP) is -0.590. The Balaban J connectivity index is 3.17. The first-order chi connectivity index (χ1) is 4.63. The molecule has 0 bridgehead atoms. The topological polar surface area (TPSA) is 57.5 Å². The minimum Gasteiger partial charge on any atom is -0.507 e. The van der Waals surface area contributed by atoms with Gasteiger partial charge in [0.25, 0.3) is 0 Å². The lowest BCUT2D eigenvalue weighted by Gasteiger charge is -1.89. The summed E-state index contributed by atoms with van der Waals surface area (Å²) in [7, 11) is 1.66. The van der Waals surface area contributed by atoms with Gasteiger partial charge in [-0.2, -0.15) is 0 Å². The van der Waals surface area contributed by atoms with E-state index in [4.69, 9.17) is 10.2 Å². The van der Waals surface area contributed by atoms with Crippen molar-refractivity contribution < 1.29 is 15.0 Å². The van der Waals surface area contributed by atoms with Crippen LogP contribution in [0.25, 0.3) is 0 Å². The van der Waals surface area contributed by atoms with Gasteiger partial charge in [-0.25, -0.2) is 4.79 Å². The Morgan fingerprint density at radius 2 is 2.30 bits per heavy atom. The molecule has 0 fully saturated rings. The summed E-state index contributed by atoms with van der Waals surface area (Å²) in [4.78, 5) is 10.3. The molecule has 0 saturated heterocycles. The molecule has 5 heteroatoms. The van der Waals surface area contributed by atoms with E-state index in [2.05, 4.69) is 0 Å². The number of hydrogen-bond acceptors (Lipinski definition) is 3. The van der Waals surface area contributed by atoms with Gasteiger partial charge in [0.2, 0.25) is 0 Å². The molecule has 1 aromatic rings. The van der Waals surface area contributed by atoms with Crippen molar-refractivity contribution in [3.8, 4) is 5.75 Å². The van der Waals surface area contributed by atoms with Crippen LogP contribution < -0.4 is 5.46 Å². The van der Waals surface area contributed by atoms with E-state index in [0.717, 1.165) is 11.3 Å². The number of thiophene rings is 1. The molecule has 3 nitrogen and oxygen atoms in total. The molecule has 1 aromatic heterocycles. The summed E-state index contributed by atoms with van der Waals surface area (Å²) in [5.74, 6) is -1.19. The molecule has 0 aromatic carbocycles. The zero-order chi connectivity index (χ0) is 7.72. The van der Waals surface area contributed by atoms with Crippen LogP contribution in [-0.4, -0.2) is 24.0 Å². The second-order valence-electron chi connectivity index (χ2n) is 1.90. The van der Waals surface area contributed by atoms with E-state index in [9.17, 15) is 4.79 Å². The van der Waals surface area contributed by atoms with Crippen molar-refractivity contribution in [2.45, 2.75) is 0 Å². The summed E-state index contributed by atoms with van der Waals surface area (Å²) in [5, 5.41) is 19.1. The molecule has 0 aliphatic carbocycles. The summed E-state index contributed by atoms with van der Waals surface area (Å²) < 4.78 is 0. The van der Waals surface area contributed by atoms with Gasteiger partial charge in [-0.05, 0) is 10.8 Å². The maximum absolute atomic E-state index is 10.3. The molecule has 0 aliphatic heterocycles. The van der Waals surface area contributed by atoms with Gasteiger partial charge in [0.1, 0.15) is 13.6 Å². The van der Waals surface area contributed by atoms with E-state index in [-0.39, 0.29) is 10.6 Å². The van der Waals surface area contributed by atoms with E-state index in [0.29, 0.717) is 5.46 Å². The van der Waals surface area contributed by atoms with Crippen LogP contribution in [0.1, 0.15) is 9.67 Å². The maximum atomic E-state index is 10.3. The van der Waals surface area contributed by atoms with Crippen LogP contribution in [0.15, 0.2) is 5.38 Å². The van der Waals surface area contributed by atoms with Gasteiger partial charge in [0.15, 0.2) is 4.88 Å². The number of carbonyl (C=O) groups is 1. The van der Waals surface area contributed by atoms with E-state index < -0.39 is 5.97 Å². The Morgan fingerprint density at radius 3 is 2.50 bits per heavy atom. The highest BCUT2D eigenvalue weighted by Gasteiger charge is 2.12. The van der Waals surface area contributed by atoms with Gasteiger partial charge < -0.3 is 10.2 Å². The van der Waals surface area contributed by atoms with E-state index in [1.165, 1.54) is 0 Å². The number of carboxylic acids is 1. The maximum Gasteiger partial charge on any atom is 0.349 e. The Labute approximate surface area is 62.3 Å². The van der Waals surface area contributed by atoms with Crippen LogP contribution in [0, 0.1) is 0 Å². The number of carboxylic acid groups (broad SMARTS) is 1. The van der Waals surface area contributed by atoms with Crippen molar-refractivity contribution in [2.24, 2.45) is 0 Å². The van der Waals surface area contributed by atoms with E-state index in [1.54, 1.807) is 13.2 Å². The molecule has 0 spiro atoms. The third-order valence-corrected chi connectivity index (χ3v) is 2.21. The van der Waals surface area contributed by atoms with Crippen LogP contribution in [0.5, 0.6) is 5.75 Å². The van der Waals surface area contributed by atoms with Crippen molar-refractivity contribution in [1.29, 1.82) is 0 Å². The second kappa shape index (κ2) is 2.34. The molecule has 10 heavy (non-hydrogen) atoms. The minimum absolute atomic E-state index is 0.0116. The lowest BCUT2D eigenvalue weighted by molar-refractivity contribution is 0.0699. The SMILES string of the molecule is Bc1csc(C(=O)O)c1O. The first-order valence-corrected chi connectivity index (χ1v) is 3.51. The number of aromatic carboxylic acids is 1. The van der Waals surface area contributed by atoms with Gasteiger partial charge in [-0.15, -0.1) is 11.3 Å². The fraction of sp³-hybridized carbons (Fsp3) is 0. The summed E-state index contributed by atoms with van der Waals surface area (Å²) in [6.07, 6.45) is 0. The average molecular weight is 156 g/mol. The van der Waals surface area contributed by atoms with Gasteiger partial charge in [0, 0.05) is 0 Å². The highest BCUT2D eigenvalue weighted by molar-refractivity contribution is 7.13. The molecule has 0 radical (unpaired) electrons. The van der Waals surface area contributed by atoms with Crippen LogP contribution >= 0.6 is 11.3 Å². The van der Waals surface area contributed by atoms with E-state index in [1.807, 2.05) is 0 Å². The molecule has 0 saturated carbocycles. The van der Waals surface area contributed by atoms with Gasteiger partial charge >= 0.3 is 5.97 Å². The quantitative estimate of drug-likeness (QED) is 0.534. The molecule has 1 heterocycles. The minimum atomic E-state index is -1.07. The summed E-state index contributed by atoms with van der Waals surface area (Å²) in [5.41, 5.74) is 0.613. The van der Waals surface area contributed by atoms with Crippen LogP contribution in [0.4, 0.5) is 0 Å². The summed E-state index contributed by atoms with van der Waals surface area (Å²) in [6, 6.07) is 0. The zero-order valence-electron chi connectivity index (χ0n) is 5.29. The van der Waals surface area contributed by atoms with Crippen molar-refractivity contribution >= 4 is 30.6 Å². The number of rotatable bonds is 1. The lowest BCUT2D eigenvalue weighted by atomic mass is 9.99. The molecule has 0 unspecified atom stereocenters. The van der Waals surface area contributed by atoms with Crippen molar-refractivity contribution in [3.63, 3.8) is 0 Å². The second-order valence-corrected chi connectivity index (χ2v) is 2.78. The summed E-state index contributed by atoms with van der Waals surface area (Å²) in [6.45, 7) is 0. The van der Waals surface area contributed by atoms with Gasteiger partial charge in [-0.3, -0.25) is 0 Å². The Hall–Kier alpha value is -0.965. The van der Waals surface area contributed by atoms with E-state index >= 15 is 0 Å². The first-order valence-electron chi connectivity index (χ1n) is 2.63. The molecule has 0 aliphatic rings. The zero-order valence-corrected chi connectivity index (χ0v) is 6.10. The largest absolute Gasteiger partial charge is 0.507 e. The van der Waals surface area contributed by atoms with Crippen molar-refractivity contribution in [2.75, 3.05) is 0 Å². The van der Waals surface area contributed by atoms with Crippen LogP contribution in [-0.2, 0) is 0 Å². The number of aromatic hydroxyl groups is 1. The highest BCUT2D eigenvalue weighted by atomic mass is 32.1. The Morgan fingerprint density at radius 1 is 1.70 bits per heavy atom. The monoisotopic (exact) mass is 156 g/mol. The Kier molecular flexibility index (Phi) is 1.67. The smallest absolute Gasteiger partial charge is 0.349 e. The lowest BCUT2D eigenvalue weighted by Crippen LogP contribution is -1.99. The van der Waals surface area contributed by atoms with Crippen LogP contribution in [0.3, 0.4) is 0 Å². The molecule has 52 valence electrons. The van der Waals surface area contributed by atoms with Crippen LogP contribution in [0.2, 0.25) is 0 Å². The van der Waals surface area contributed by atoms with Gasteiger partial charge in [0.05, 0.1) is 0 Å². The van der Waals surface area contributed by atoms with Crippen molar-refractivity contribution in [1.82, 2.24) is 0 Å². The third-order valence-electron chi connectivity index (χ3n) is 1.14. The van der Waals surface area contributed by atoms with Crippen molar-refractivity contribution in [3.05, 3.63) is 10.3 Å². The first kappa shape index (κ1) is 7.15. The normalized spacial score (nSPS) is 9.60. The summed E-state index contributed by atoms with van der Waals surface area (Å²) >= 11 is 1.03.